The lowest BCUT2D eigenvalue weighted by Gasteiger charge is -2.06. The fraction of sp³-hybridized carbons (Fsp3) is 0.238. The van der Waals surface area contributed by atoms with E-state index < -0.39 is 10.0 Å². The van der Waals surface area contributed by atoms with E-state index in [1.807, 2.05) is 43.3 Å². The highest BCUT2D eigenvalue weighted by molar-refractivity contribution is 7.92. The third-order valence-electron chi connectivity index (χ3n) is 4.58. The Labute approximate surface area is 174 Å². The van der Waals surface area contributed by atoms with E-state index in [1.165, 1.54) is 0 Å². The fourth-order valence-corrected chi connectivity index (χ4v) is 4.51. The highest BCUT2D eigenvalue weighted by Gasteiger charge is 2.29. The van der Waals surface area contributed by atoms with Gasteiger partial charge in [-0.1, -0.05) is 24.3 Å². The first-order valence-electron chi connectivity index (χ1n) is 9.25. The molecule has 6 nitrogen and oxygen atoms in total. The van der Waals surface area contributed by atoms with E-state index in [0.29, 0.717) is 5.69 Å². The normalized spacial score (nSPS) is 13.9. The zero-order chi connectivity index (χ0) is 20.6. The Bertz CT molecular complexity index is 1160. The molecule has 8 heteroatoms. The van der Waals surface area contributed by atoms with Crippen LogP contribution in [0.25, 0.3) is 21.8 Å². The molecule has 1 aliphatic carbocycles. The molecule has 0 atom stereocenters. The minimum atomic E-state index is -3.30. The van der Waals surface area contributed by atoms with Gasteiger partial charge in [-0.05, 0) is 44.0 Å². The summed E-state index contributed by atoms with van der Waals surface area (Å²) < 4.78 is 25.2. The Balaban J connectivity index is 1.57. The number of aromatic nitrogens is 1. The van der Waals surface area contributed by atoms with Gasteiger partial charge >= 0.3 is 0 Å². The second-order valence-corrected chi connectivity index (χ2v) is 10.2. The van der Waals surface area contributed by atoms with Crippen LogP contribution in [-0.2, 0) is 14.8 Å². The topological polar surface area (TPSA) is 88.2 Å². The molecule has 150 valence electrons. The van der Waals surface area contributed by atoms with Crippen LogP contribution in [0.1, 0.15) is 17.7 Å². The van der Waals surface area contributed by atoms with Crippen molar-refractivity contribution in [2.24, 2.45) is 5.92 Å². The van der Waals surface area contributed by atoms with Gasteiger partial charge in [0.25, 0.3) is 0 Å². The van der Waals surface area contributed by atoms with Crippen LogP contribution in [0.2, 0.25) is 0 Å². The van der Waals surface area contributed by atoms with Crippen molar-refractivity contribution in [2.45, 2.75) is 19.8 Å². The van der Waals surface area contributed by atoms with Gasteiger partial charge in [0.05, 0.1) is 11.9 Å². The van der Waals surface area contributed by atoms with Crippen LogP contribution in [0, 0.1) is 12.8 Å². The molecule has 2 N–H and O–H groups in total. The van der Waals surface area contributed by atoms with E-state index in [2.05, 4.69) is 10.0 Å². The van der Waals surface area contributed by atoms with Crippen LogP contribution in [0.4, 0.5) is 11.4 Å². The largest absolute Gasteiger partial charge is 0.326 e. The zero-order valence-electron chi connectivity index (χ0n) is 16.1. The minimum absolute atomic E-state index is 0.0842. The van der Waals surface area contributed by atoms with Crippen LogP contribution in [0.3, 0.4) is 0 Å². The van der Waals surface area contributed by atoms with E-state index in [9.17, 15) is 13.2 Å². The third-order valence-corrected chi connectivity index (χ3v) is 6.21. The molecule has 0 spiro atoms. The van der Waals surface area contributed by atoms with Gasteiger partial charge in [-0.15, -0.1) is 11.3 Å². The van der Waals surface area contributed by atoms with E-state index in [-0.39, 0.29) is 11.8 Å². The number of rotatable bonds is 6. The van der Waals surface area contributed by atoms with Gasteiger partial charge in [0.1, 0.15) is 5.01 Å². The van der Waals surface area contributed by atoms with Crippen molar-refractivity contribution in [3.05, 3.63) is 53.4 Å². The van der Waals surface area contributed by atoms with Crippen molar-refractivity contribution in [2.75, 3.05) is 16.3 Å². The van der Waals surface area contributed by atoms with Crippen molar-refractivity contribution in [3.63, 3.8) is 0 Å². The summed E-state index contributed by atoms with van der Waals surface area (Å²) in [4.78, 5) is 17.9. The molecule has 29 heavy (non-hydrogen) atoms. The van der Waals surface area contributed by atoms with Gasteiger partial charge in [0.15, 0.2) is 0 Å². The minimum Gasteiger partial charge on any atom is -0.326 e. The lowest BCUT2D eigenvalue weighted by Crippen LogP contribution is -2.13. The second-order valence-electron chi connectivity index (χ2n) is 7.22. The van der Waals surface area contributed by atoms with Gasteiger partial charge in [-0.3, -0.25) is 9.52 Å². The number of aryl methyl sites for hydroxylation is 1. The average Bonchev–Trinajstić information content (AvgIpc) is 3.44. The standard InChI is InChI=1S/C21H21N3O3S2/c1-13-19(14-8-10-17(11-9-14)24-29(2,26)27)23-21(28-13)16-4-3-5-18(12-16)22-20(25)15-6-7-15/h3-5,8-12,15,24H,6-7H2,1-2H3,(H,22,25). The maximum atomic E-state index is 12.0. The molecular formula is C21H21N3O3S2. The molecule has 1 amide bonds. The molecule has 0 unspecified atom stereocenters. The summed E-state index contributed by atoms with van der Waals surface area (Å²) in [6.45, 7) is 2.01. The summed E-state index contributed by atoms with van der Waals surface area (Å²) >= 11 is 1.59. The Kier molecular flexibility index (Phi) is 5.14. The van der Waals surface area contributed by atoms with Crippen molar-refractivity contribution in [1.82, 2.24) is 4.98 Å². The van der Waals surface area contributed by atoms with Crippen molar-refractivity contribution in [1.29, 1.82) is 0 Å². The number of carbonyl (C=O) groups is 1. The van der Waals surface area contributed by atoms with Gasteiger partial charge in [-0.2, -0.15) is 0 Å². The first kappa shape index (κ1) is 19.6. The number of anilines is 2. The maximum absolute atomic E-state index is 12.0. The Morgan fingerprint density at radius 3 is 2.45 bits per heavy atom. The van der Waals surface area contributed by atoms with Crippen LogP contribution in [0.15, 0.2) is 48.5 Å². The van der Waals surface area contributed by atoms with Crippen molar-refractivity contribution in [3.8, 4) is 21.8 Å². The Hall–Kier alpha value is -2.71. The number of thiazole rings is 1. The molecule has 1 fully saturated rings. The number of amides is 1. The highest BCUT2D eigenvalue weighted by atomic mass is 32.2. The van der Waals surface area contributed by atoms with Crippen LogP contribution in [-0.4, -0.2) is 25.6 Å². The number of sulfonamides is 1. The van der Waals surface area contributed by atoms with E-state index >= 15 is 0 Å². The predicted octanol–water partition coefficient (Wildman–Crippen LogP) is 4.51. The number of nitrogens with zero attached hydrogens (tertiary/aromatic N) is 1. The Morgan fingerprint density at radius 1 is 1.07 bits per heavy atom. The molecule has 0 saturated heterocycles. The Morgan fingerprint density at radius 2 is 1.79 bits per heavy atom. The average molecular weight is 428 g/mol. The third kappa shape index (κ3) is 4.83. The zero-order valence-corrected chi connectivity index (χ0v) is 17.7. The second kappa shape index (κ2) is 7.61. The number of hydrogen-bond donors (Lipinski definition) is 2. The smallest absolute Gasteiger partial charge is 0.229 e. The summed E-state index contributed by atoms with van der Waals surface area (Å²) in [6.07, 6.45) is 3.07. The quantitative estimate of drug-likeness (QED) is 0.606. The number of hydrogen-bond acceptors (Lipinski definition) is 5. The number of nitrogens with one attached hydrogen (secondary N) is 2. The maximum Gasteiger partial charge on any atom is 0.229 e. The van der Waals surface area contributed by atoms with Crippen LogP contribution >= 0.6 is 11.3 Å². The highest BCUT2D eigenvalue weighted by Crippen LogP contribution is 2.35. The van der Waals surface area contributed by atoms with Crippen LogP contribution < -0.4 is 10.0 Å². The van der Waals surface area contributed by atoms with Crippen molar-refractivity contribution < 1.29 is 13.2 Å². The summed E-state index contributed by atoms with van der Waals surface area (Å²) in [5.74, 6) is 0.244. The summed E-state index contributed by atoms with van der Waals surface area (Å²) in [5.41, 5.74) is 4.03. The predicted molar refractivity (Wildman–Crippen MR) is 118 cm³/mol. The molecule has 4 rings (SSSR count). The monoisotopic (exact) mass is 427 g/mol. The summed E-state index contributed by atoms with van der Waals surface area (Å²) in [6, 6.07) is 14.9. The molecule has 0 bridgehead atoms. The summed E-state index contributed by atoms with van der Waals surface area (Å²) in [7, 11) is -3.30. The van der Waals surface area contributed by atoms with E-state index in [0.717, 1.165) is 51.5 Å². The molecule has 1 heterocycles. The molecule has 1 aromatic heterocycles. The fourth-order valence-electron chi connectivity index (χ4n) is 3.02. The van der Waals surface area contributed by atoms with Gasteiger partial charge in [-0.25, -0.2) is 13.4 Å². The molecule has 1 saturated carbocycles. The molecular weight excluding hydrogens is 406 g/mol. The van der Waals surface area contributed by atoms with E-state index in [1.54, 1.807) is 23.5 Å². The molecule has 1 aliphatic rings. The lowest BCUT2D eigenvalue weighted by molar-refractivity contribution is -0.117. The number of carbonyl (C=O) groups excluding carboxylic acids is 1. The first-order chi connectivity index (χ1) is 13.8. The van der Waals surface area contributed by atoms with Gasteiger partial charge < -0.3 is 5.32 Å². The van der Waals surface area contributed by atoms with Gasteiger partial charge in [0, 0.05) is 33.3 Å². The lowest BCUT2D eigenvalue weighted by atomic mass is 10.1. The van der Waals surface area contributed by atoms with Crippen molar-refractivity contribution >= 4 is 38.6 Å². The number of benzene rings is 2. The SMILES string of the molecule is Cc1sc(-c2cccc(NC(=O)C3CC3)c2)nc1-c1ccc(NS(C)(=O)=O)cc1. The molecule has 3 aromatic rings. The molecule has 2 aromatic carbocycles. The molecule has 0 radical (unpaired) electrons. The van der Waals surface area contributed by atoms with Gasteiger partial charge in [0.2, 0.25) is 15.9 Å². The first-order valence-corrected chi connectivity index (χ1v) is 12.0. The van der Waals surface area contributed by atoms with E-state index in [4.69, 9.17) is 4.98 Å². The summed E-state index contributed by atoms with van der Waals surface area (Å²) in [5, 5.41) is 3.85. The van der Waals surface area contributed by atoms with Crippen LogP contribution in [0.5, 0.6) is 0 Å². The molecule has 0 aliphatic heterocycles.